The first kappa shape index (κ1) is 18.2. The monoisotopic (exact) mass is 290 g/mol. The summed E-state index contributed by atoms with van der Waals surface area (Å²) < 4.78 is 5.01. The maximum atomic E-state index is 11.6. The van der Waals surface area contributed by atoms with Crippen LogP contribution in [-0.2, 0) is 14.3 Å². The number of carboxylic acids is 1. The van der Waals surface area contributed by atoms with E-state index in [-0.39, 0.29) is 6.42 Å². The molecular weight excluding hydrogens is 268 g/mol. The number of nitrogens with one attached hydrogen (secondary N) is 2. The van der Waals surface area contributed by atoms with Crippen molar-refractivity contribution in [2.75, 3.05) is 6.54 Å². The summed E-state index contributed by atoms with van der Waals surface area (Å²) in [4.78, 5) is 33.4. The van der Waals surface area contributed by atoms with Gasteiger partial charge in [-0.25, -0.2) is 4.79 Å². The smallest absolute Gasteiger partial charge is 0.407 e. The Hall–Kier alpha value is -1.83. The van der Waals surface area contributed by atoms with Crippen molar-refractivity contribution in [3.05, 3.63) is 0 Å². The topological polar surface area (TPSA) is 125 Å². The molecule has 0 saturated carbocycles. The second-order valence-electron chi connectivity index (χ2n) is 5.22. The minimum Gasteiger partial charge on any atom is -0.480 e. The van der Waals surface area contributed by atoms with E-state index >= 15 is 0 Å². The predicted molar refractivity (Wildman–Crippen MR) is 70.1 cm³/mol. The molecule has 0 aliphatic rings. The molecule has 4 N–H and O–H groups in total. The Bertz CT molecular complexity index is 363. The molecule has 0 fully saturated rings. The van der Waals surface area contributed by atoms with Gasteiger partial charge >= 0.3 is 12.1 Å². The van der Waals surface area contributed by atoms with E-state index in [1.54, 1.807) is 27.7 Å². The van der Waals surface area contributed by atoms with Crippen LogP contribution in [0, 0.1) is 0 Å². The van der Waals surface area contributed by atoms with Crippen molar-refractivity contribution >= 4 is 18.0 Å². The number of alkyl carbamates (subject to hydrolysis) is 1. The SMILES string of the molecule is CCC(NC(=O)OC(C)(C)C)C(O)C(=O)NCC(=O)O. The lowest BCUT2D eigenvalue weighted by Gasteiger charge is -2.25. The molecule has 0 rings (SSSR count). The summed E-state index contributed by atoms with van der Waals surface area (Å²) in [6, 6.07) is -0.862. The van der Waals surface area contributed by atoms with Crippen LogP contribution < -0.4 is 10.6 Å². The van der Waals surface area contributed by atoms with Crippen molar-refractivity contribution in [1.82, 2.24) is 10.6 Å². The van der Waals surface area contributed by atoms with Crippen LogP contribution >= 0.6 is 0 Å². The van der Waals surface area contributed by atoms with Crippen LogP contribution in [0.25, 0.3) is 0 Å². The average molecular weight is 290 g/mol. The average Bonchev–Trinajstić information content (AvgIpc) is 2.29. The Morgan fingerprint density at radius 1 is 1.25 bits per heavy atom. The molecule has 0 bridgehead atoms. The third kappa shape index (κ3) is 7.57. The molecule has 0 aromatic heterocycles. The largest absolute Gasteiger partial charge is 0.480 e. The predicted octanol–water partition coefficient (Wildman–Crippen LogP) is -0.149. The van der Waals surface area contributed by atoms with E-state index in [1.165, 1.54) is 0 Å². The van der Waals surface area contributed by atoms with E-state index in [4.69, 9.17) is 9.84 Å². The molecule has 0 spiro atoms. The first-order valence-electron chi connectivity index (χ1n) is 6.24. The van der Waals surface area contributed by atoms with Crippen molar-refractivity contribution in [3.8, 4) is 0 Å². The Morgan fingerprint density at radius 2 is 1.80 bits per heavy atom. The molecule has 0 heterocycles. The van der Waals surface area contributed by atoms with Crippen molar-refractivity contribution < 1.29 is 29.3 Å². The molecule has 0 aliphatic carbocycles. The number of rotatable bonds is 6. The van der Waals surface area contributed by atoms with E-state index in [0.717, 1.165) is 0 Å². The van der Waals surface area contributed by atoms with E-state index in [1.807, 2.05) is 5.32 Å². The fraction of sp³-hybridized carbons (Fsp3) is 0.750. The Morgan fingerprint density at radius 3 is 2.20 bits per heavy atom. The van der Waals surface area contributed by atoms with Crippen LogP contribution in [-0.4, -0.2) is 52.5 Å². The molecule has 2 atom stereocenters. The zero-order valence-electron chi connectivity index (χ0n) is 12.1. The van der Waals surface area contributed by atoms with Gasteiger partial charge in [0.15, 0.2) is 6.10 Å². The van der Waals surface area contributed by atoms with Crippen LogP contribution in [0.2, 0.25) is 0 Å². The zero-order chi connectivity index (χ0) is 15.9. The maximum Gasteiger partial charge on any atom is 0.407 e. The van der Waals surface area contributed by atoms with E-state index in [9.17, 15) is 19.5 Å². The quantitative estimate of drug-likeness (QED) is 0.539. The van der Waals surface area contributed by atoms with Gasteiger partial charge in [0.25, 0.3) is 5.91 Å². The molecular formula is C12H22N2O6. The Balaban J connectivity index is 4.47. The molecule has 0 saturated heterocycles. The van der Waals surface area contributed by atoms with E-state index in [2.05, 4.69) is 5.32 Å². The zero-order valence-corrected chi connectivity index (χ0v) is 12.1. The minimum absolute atomic E-state index is 0.279. The standard InChI is InChI=1S/C12H22N2O6/c1-5-7(14-11(19)20-12(2,3)4)9(17)10(18)13-6-8(15)16/h7,9,17H,5-6H2,1-4H3,(H,13,18)(H,14,19)(H,15,16). The molecule has 2 unspecified atom stereocenters. The molecule has 20 heavy (non-hydrogen) atoms. The number of aliphatic carboxylic acids is 1. The third-order valence-electron chi connectivity index (χ3n) is 2.21. The van der Waals surface area contributed by atoms with Gasteiger partial charge in [0.05, 0.1) is 6.04 Å². The van der Waals surface area contributed by atoms with Crippen LogP contribution in [0.1, 0.15) is 34.1 Å². The van der Waals surface area contributed by atoms with Crippen molar-refractivity contribution in [2.45, 2.75) is 51.9 Å². The Labute approximate surface area is 117 Å². The lowest BCUT2D eigenvalue weighted by atomic mass is 10.1. The molecule has 116 valence electrons. The van der Waals surface area contributed by atoms with Crippen LogP contribution in [0.3, 0.4) is 0 Å². The summed E-state index contributed by atoms with van der Waals surface area (Å²) in [5.74, 6) is -2.09. The molecule has 8 nitrogen and oxygen atoms in total. The summed E-state index contributed by atoms with van der Waals surface area (Å²) >= 11 is 0. The highest BCUT2D eigenvalue weighted by Crippen LogP contribution is 2.08. The van der Waals surface area contributed by atoms with Gasteiger partial charge in [-0.3, -0.25) is 9.59 Å². The van der Waals surface area contributed by atoms with Crippen LogP contribution in [0.15, 0.2) is 0 Å². The molecule has 0 radical (unpaired) electrons. The van der Waals surface area contributed by atoms with Crippen molar-refractivity contribution in [1.29, 1.82) is 0 Å². The molecule has 0 aromatic rings. The maximum absolute atomic E-state index is 11.6. The van der Waals surface area contributed by atoms with Gasteiger partial charge in [0.2, 0.25) is 0 Å². The van der Waals surface area contributed by atoms with Crippen molar-refractivity contribution in [3.63, 3.8) is 0 Å². The minimum atomic E-state index is -1.55. The lowest BCUT2D eigenvalue weighted by molar-refractivity contribution is -0.140. The number of carbonyl (C=O) groups is 3. The Kier molecular flexibility index (Phi) is 6.98. The van der Waals surface area contributed by atoms with Gasteiger partial charge in [-0.15, -0.1) is 0 Å². The number of carboxylic acid groups (broad SMARTS) is 1. The van der Waals surface area contributed by atoms with Gasteiger partial charge in [-0.05, 0) is 27.2 Å². The van der Waals surface area contributed by atoms with E-state index < -0.39 is 42.3 Å². The summed E-state index contributed by atoms with van der Waals surface area (Å²) in [6.45, 7) is 6.12. The number of amides is 2. The van der Waals surface area contributed by atoms with Crippen LogP contribution in [0.4, 0.5) is 4.79 Å². The fourth-order valence-electron chi connectivity index (χ4n) is 1.31. The number of carbonyl (C=O) groups excluding carboxylic acids is 2. The van der Waals surface area contributed by atoms with Gasteiger partial charge in [0, 0.05) is 0 Å². The van der Waals surface area contributed by atoms with Gasteiger partial charge in [-0.2, -0.15) is 0 Å². The highest BCUT2D eigenvalue weighted by atomic mass is 16.6. The van der Waals surface area contributed by atoms with Gasteiger partial charge in [0.1, 0.15) is 12.1 Å². The second-order valence-corrected chi connectivity index (χ2v) is 5.22. The fourth-order valence-corrected chi connectivity index (χ4v) is 1.31. The van der Waals surface area contributed by atoms with Gasteiger partial charge < -0.3 is 25.6 Å². The first-order valence-corrected chi connectivity index (χ1v) is 6.24. The summed E-state index contributed by atoms with van der Waals surface area (Å²) in [5.41, 5.74) is -0.696. The molecule has 0 aromatic carbocycles. The first-order chi connectivity index (χ1) is 9.06. The summed E-state index contributed by atoms with van der Waals surface area (Å²) in [6.07, 6.45) is -2.03. The lowest BCUT2D eigenvalue weighted by Crippen LogP contribution is -2.51. The number of ether oxygens (including phenoxy) is 1. The molecule has 0 aliphatic heterocycles. The number of aliphatic hydroxyl groups is 1. The van der Waals surface area contributed by atoms with Crippen LogP contribution in [0.5, 0.6) is 0 Å². The third-order valence-corrected chi connectivity index (χ3v) is 2.21. The molecule has 2 amide bonds. The number of hydrogen-bond acceptors (Lipinski definition) is 5. The second kappa shape index (κ2) is 7.68. The summed E-state index contributed by atoms with van der Waals surface area (Å²) in [7, 11) is 0. The van der Waals surface area contributed by atoms with E-state index in [0.29, 0.717) is 0 Å². The number of hydrogen-bond donors (Lipinski definition) is 4. The number of aliphatic hydroxyl groups excluding tert-OH is 1. The van der Waals surface area contributed by atoms with Crippen molar-refractivity contribution in [2.24, 2.45) is 0 Å². The summed E-state index contributed by atoms with van der Waals surface area (Å²) in [5, 5.41) is 22.6. The highest BCUT2D eigenvalue weighted by Gasteiger charge is 2.28. The molecule has 8 heteroatoms. The highest BCUT2D eigenvalue weighted by molar-refractivity contribution is 5.85. The normalized spacial score (nSPS) is 14.1. The van der Waals surface area contributed by atoms with Gasteiger partial charge in [-0.1, -0.05) is 6.92 Å².